The quantitative estimate of drug-likeness (QED) is 0.497. The number of benzene rings is 2. The maximum Gasteiger partial charge on any atom is 0.251 e. The molecule has 1 aliphatic rings. The Morgan fingerprint density at radius 2 is 1.76 bits per heavy atom. The van der Waals surface area contributed by atoms with Crippen molar-refractivity contribution >= 4 is 17.6 Å². The van der Waals surface area contributed by atoms with Gasteiger partial charge in [-0.2, -0.15) is 5.10 Å². The lowest BCUT2D eigenvalue weighted by Crippen LogP contribution is -2.36. The third kappa shape index (κ3) is 4.52. The monoisotopic (exact) mass is 437 g/mol. The van der Waals surface area contributed by atoms with E-state index in [1.165, 1.54) is 0 Å². The van der Waals surface area contributed by atoms with Crippen LogP contribution in [0.5, 0.6) is 0 Å². The van der Waals surface area contributed by atoms with Gasteiger partial charge in [0.2, 0.25) is 5.91 Å². The second kappa shape index (κ2) is 9.08. The second-order valence-corrected chi connectivity index (χ2v) is 7.91. The molecule has 5 rings (SSSR count). The zero-order valence-corrected chi connectivity index (χ0v) is 18.0. The number of anilines is 1. The van der Waals surface area contributed by atoms with Crippen molar-refractivity contribution < 1.29 is 9.59 Å². The number of hydrogen-bond donors (Lipinski definition) is 1. The number of nitrogens with zero attached hydrogens (tertiary/aromatic N) is 4. The van der Waals surface area contributed by atoms with Crippen LogP contribution < -0.4 is 10.2 Å². The standard InChI is InChI=1S/C26H23N5O2/c32-25-13-15-31-24(16-23(29-31)20-6-2-1-3-7-20)30(25)18-19-9-11-21(12-10-19)26(33)28-17-22-8-4-5-14-27-22/h1-12,14,16H,13,15,17-18H2,(H,28,33). The first-order chi connectivity index (χ1) is 16.2. The average Bonchev–Trinajstić information content (AvgIpc) is 3.31. The number of nitrogens with one attached hydrogen (secondary N) is 1. The van der Waals surface area contributed by atoms with Crippen LogP contribution in [0.2, 0.25) is 0 Å². The molecule has 4 aromatic rings. The van der Waals surface area contributed by atoms with Gasteiger partial charge in [0.15, 0.2) is 0 Å². The predicted octanol–water partition coefficient (Wildman–Crippen LogP) is 3.81. The molecule has 1 N–H and O–H groups in total. The summed E-state index contributed by atoms with van der Waals surface area (Å²) in [5, 5.41) is 7.57. The molecule has 2 aromatic carbocycles. The van der Waals surface area contributed by atoms with Gasteiger partial charge in [-0.3, -0.25) is 19.5 Å². The number of aromatic nitrogens is 3. The highest BCUT2D eigenvalue weighted by molar-refractivity contribution is 5.95. The van der Waals surface area contributed by atoms with E-state index in [0.29, 0.717) is 31.6 Å². The molecule has 0 radical (unpaired) electrons. The van der Waals surface area contributed by atoms with Gasteiger partial charge in [0.25, 0.3) is 5.91 Å². The normalized spacial score (nSPS) is 13.0. The summed E-state index contributed by atoms with van der Waals surface area (Å²) in [6.07, 6.45) is 2.11. The summed E-state index contributed by atoms with van der Waals surface area (Å²) in [6.45, 7) is 1.37. The van der Waals surface area contributed by atoms with Gasteiger partial charge in [-0.1, -0.05) is 48.5 Å². The molecule has 33 heavy (non-hydrogen) atoms. The van der Waals surface area contributed by atoms with Crippen LogP contribution in [-0.4, -0.2) is 26.6 Å². The zero-order valence-electron chi connectivity index (χ0n) is 18.0. The van der Waals surface area contributed by atoms with E-state index in [2.05, 4.69) is 10.3 Å². The van der Waals surface area contributed by atoms with Gasteiger partial charge in [-0.15, -0.1) is 0 Å². The van der Waals surface area contributed by atoms with Gasteiger partial charge >= 0.3 is 0 Å². The largest absolute Gasteiger partial charge is 0.346 e. The van der Waals surface area contributed by atoms with Crippen molar-refractivity contribution in [3.63, 3.8) is 0 Å². The summed E-state index contributed by atoms with van der Waals surface area (Å²) >= 11 is 0. The first-order valence-corrected chi connectivity index (χ1v) is 10.9. The number of amides is 2. The highest BCUT2D eigenvalue weighted by atomic mass is 16.2. The highest BCUT2D eigenvalue weighted by Crippen LogP contribution is 2.29. The van der Waals surface area contributed by atoms with Crippen LogP contribution in [0.3, 0.4) is 0 Å². The van der Waals surface area contributed by atoms with Crippen molar-refractivity contribution in [2.45, 2.75) is 26.1 Å². The van der Waals surface area contributed by atoms with Crippen LogP contribution in [0.1, 0.15) is 28.0 Å². The molecule has 0 atom stereocenters. The van der Waals surface area contributed by atoms with Crippen LogP contribution in [-0.2, 0) is 24.4 Å². The number of fused-ring (bicyclic) bond motifs is 1. The van der Waals surface area contributed by atoms with Gasteiger partial charge in [0.05, 0.1) is 31.0 Å². The lowest BCUT2D eigenvalue weighted by Gasteiger charge is -2.27. The van der Waals surface area contributed by atoms with Crippen LogP contribution in [0.4, 0.5) is 5.82 Å². The molecule has 0 saturated heterocycles. The molecule has 2 amide bonds. The molecular formula is C26H23N5O2. The molecular weight excluding hydrogens is 414 g/mol. The number of rotatable bonds is 6. The van der Waals surface area contributed by atoms with E-state index in [1.54, 1.807) is 23.2 Å². The minimum absolute atomic E-state index is 0.0687. The fraction of sp³-hybridized carbons (Fsp3) is 0.154. The predicted molar refractivity (Wildman–Crippen MR) is 125 cm³/mol. The maximum absolute atomic E-state index is 12.7. The number of aryl methyl sites for hydroxylation is 1. The van der Waals surface area contributed by atoms with Crippen molar-refractivity contribution in [1.82, 2.24) is 20.1 Å². The van der Waals surface area contributed by atoms with Gasteiger partial charge in [0, 0.05) is 29.8 Å². The van der Waals surface area contributed by atoms with Crippen molar-refractivity contribution in [1.29, 1.82) is 0 Å². The summed E-state index contributed by atoms with van der Waals surface area (Å²) < 4.78 is 1.89. The Morgan fingerprint density at radius 1 is 0.970 bits per heavy atom. The van der Waals surface area contributed by atoms with Gasteiger partial charge in [-0.25, -0.2) is 4.68 Å². The Labute approximate surface area is 191 Å². The average molecular weight is 438 g/mol. The molecule has 0 unspecified atom stereocenters. The number of carbonyl (C=O) groups is 2. The van der Waals surface area contributed by atoms with Gasteiger partial charge < -0.3 is 5.32 Å². The third-order valence-corrected chi connectivity index (χ3v) is 5.66. The van der Waals surface area contributed by atoms with Crippen LogP contribution in [0.15, 0.2) is 85.1 Å². The van der Waals surface area contributed by atoms with E-state index in [4.69, 9.17) is 5.10 Å². The summed E-state index contributed by atoms with van der Waals surface area (Å²) in [5.74, 6) is 0.702. The zero-order chi connectivity index (χ0) is 22.6. The Kier molecular flexibility index (Phi) is 5.68. The molecule has 2 aromatic heterocycles. The summed E-state index contributed by atoms with van der Waals surface area (Å²) in [5.41, 5.74) is 4.19. The van der Waals surface area contributed by atoms with E-state index >= 15 is 0 Å². The lowest BCUT2D eigenvalue weighted by molar-refractivity contribution is -0.119. The molecule has 164 valence electrons. The Bertz CT molecular complexity index is 1270. The van der Waals surface area contributed by atoms with E-state index in [-0.39, 0.29) is 11.8 Å². The fourth-order valence-corrected chi connectivity index (χ4v) is 3.89. The van der Waals surface area contributed by atoms with Crippen LogP contribution in [0.25, 0.3) is 11.3 Å². The number of pyridine rings is 1. The minimum atomic E-state index is -0.160. The molecule has 7 nitrogen and oxygen atoms in total. The van der Waals surface area contributed by atoms with E-state index < -0.39 is 0 Å². The lowest BCUT2D eigenvalue weighted by atomic mass is 10.1. The Balaban J connectivity index is 1.29. The van der Waals surface area contributed by atoms with Gasteiger partial charge in [-0.05, 0) is 29.8 Å². The summed E-state index contributed by atoms with van der Waals surface area (Å²) in [4.78, 5) is 31.1. The van der Waals surface area contributed by atoms with Crippen LogP contribution in [0, 0.1) is 0 Å². The third-order valence-electron chi connectivity index (χ3n) is 5.66. The topological polar surface area (TPSA) is 80.1 Å². The van der Waals surface area contributed by atoms with Crippen molar-refractivity contribution in [2.24, 2.45) is 0 Å². The summed E-state index contributed by atoms with van der Waals surface area (Å²) in [7, 11) is 0. The molecule has 3 heterocycles. The fourth-order valence-electron chi connectivity index (χ4n) is 3.89. The van der Waals surface area contributed by atoms with E-state index in [1.807, 2.05) is 71.4 Å². The minimum Gasteiger partial charge on any atom is -0.346 e. The van der Waals surface area contributed by atoms with E-state index in [9.17, 15) is 9.59 Å². The first kappa shape index (κ1) is 20.6. The van der Waals surface area contributed by atoms with E-state index in [0.717, 1.165) is 28.3 Å². The van der Waals surface area contributed by atoms with Crippen molar-refractivity contribution in [3.8, 4) is 11.3 Å². The van der Waals surface area contributed by atoms with Crippen molar-refractivity contribution in [2.75, 3.05) is 4.90 Å². The molecule has 0 saturated carbocycles. The molecule has 0 aliphatic carbocycles. The second-order valence-electron chi connectivity index (χ2n) is 7.91. The van der Waals surface area contributed by atoms with Crippen LogP contribution >= 0.6 is 0 Å². The number of hydrogen-bond acceptors (Lipinski definition) is 4. The van der Waals surface area contributed by atoms with Crippen molar-refractivity contribution in [3.05, 3.63) is 102 Å². The highest BCUT2D eigenvalue weighted by Gasteiger charge is 2.26. The molecule has 0 fully saturated rings. The molecule has 1 aliphatic heterocycles. The molecule has 7 heteroatoms. The maximum atomic E-state index is 12.7. The number of carbonyl (C=O) groups excluding carboxylic acids is 2. The first-order valence-electron chi connectivity index (χ1n) is 10.9. The van der Waals surface area contributed by atoms with Gasteiger partial charge in [0.1, 0.15) is 5.82 Å². The SMILES string of the molecule is O=C(NCc1ccccn1)c1ccc(CN2C(=O)CCn3nc(-c4ccccc4)cc32)cc1. The molecule has 0 spiro atoms. The Hall–Kier alpha value is -4.26. The smallest absolute Gasteiger partial charge is 0.251 e. The summed E-state index contributed by atoms with van der Waals surface area (Å²) in [6, 6.07) is 24.8. The molecule has 0 bridgehead atoms. The Morgan fingerprint density at radius 3 is 2.52 bits per heavy atom.